The van der Waals surface area contributed by atoms with E-state index >= 15 is 0 Å². The molecule has 0 aromatic carbocycles. The molecule has 0 spiro atoms. The molecule has 90 valence electrons. The Balaban J connectivity index is 2.88. The second kappa shape index (κ2) is 4.70. The zero-order valence-electron chi connectivity index (χ0n) is 10.4. The fourth-order valence-electron chi connectivity index (χ4n) is 1.75. The van der Waals surface area contributed by atoms with E-state index in [2.05, 4.69) is 0 Å². The molecule has 0 fully saturated rings. The van der Waals surface area contributed by atoms with E-state index in [1.54, 1.807) is 0 Å². The van der Waals surface area contributed by atoms with Gasteiger partial charge in [0.25, 0.3) is 0 Å². The number of esters is 1. The lowest BCUT2D eigenvalue weighted by molar-refractivity contribution is -0.151. The zero-order chi connectivity index (χ0) is 12.3. The van der Waals surface area contributed by atoms with Crippen molar-refractivity contribution < 1.29 is 9.53 Å². The van der Waals surface area contributed by atoms with Gasteiger partial charge in [-0.1, -0.05) is 0 Å². The smallest absolute Gasteiger partial charge is 0.313 e. The van der Waals surface area contributed by atoms with Gasteiger partial charge in [-0.3, -0.25) is 4.79 Å². The highest BCUT2D eigenvalue weighted by Crippen LogP contribution is 2.22. The molecule has 2 N–H and O–H groups in total. The number of aromatic nitrogens is 1. The average Bonchev–Trinajstić information content (AvgIpc) is 2.63. The van der Waals surface area contributed by atoms with Gasteiger partial charge in [0, 0.05) is 24.5 Å². The summed E-state index contributed by atoms with van der Waals surface area (Å²) in [6, 6.07) is 3.87. The molecular formula is C12H20N2O2. The van der Waals surface area contributed by atoms with E-state index < -0.39 is 5.41 Å². The zero-order valence-corrected chi connectivity index (χ0v) is 10.4. The van der Waals surface area contributed by atoms with Gasteiger partial charge in [0.15, 0.2) is 0 Å². The Labute approximate surface area is 96.4 Å². The molecule has 0 aliphatic heterocycles. The Morgan fingerprint density at radius 2 is 2.25 bits per heavy atom. The summed E-state index contributed by atoms with van der Waals surface area (Å²) in [5.74, 6) is -0.211. The maximum atomic E-state index is 11.6. The van der Waals surface area contributed by atoms with Crippen LogP contribution in [0, 0.1) is 5.41 Å². The molecule has 1 heterocycles. The number of nitrogens with two attached hydrogens (primary N) is 1. The number of hydrogen-bond donors (Lipinski definition) is 1. The van der Waals surface area contributed by atoms with Gasteiger partial charge in [-0.15, -0.1) is 0 Å². The number of ether oxygens (including phenoxy) is 1. The lowest BCUT2D eigenvalue weighted by Crippen LogP contribution is -2.31. The Hall–Kier alpha value is -1.29. The third-order valence-electron chi connectivity index (χ3n) is 2.63. The lowest BCUT2D eigenvalue weighted by Gasteiger charge is -2.24. The Morgan fingerprint density at radius 1 is 1.62 bits per heavy atom. The van der Waals surface area contributed by atoms with E-state index in [-0.39, 0.29) is 12.0 Å². The van der Waals surface area contributed by atoms with Gasteiger partial charge in [-0.25, -0.2) is 0 Å². The van der Waals surface area contributed by atoms with Gasteiger partial charge in [0.2, 0.25) is 0 Å². The summed E-state index contributed by atoms with van der Waals surface area (Å²) in [6.07, 6.45) is 1.93. The minimum Gasteiger partial charge on any atom is -0.469 e. The van der Waals surface area contributed by atoms with Crippen LogP contribution in [0.3, 0.4) is 0 Å². The predicted molar refractivity (Wildman–Crippen MR) is 62.8 cm³/mol. The van der Waals surface area contributed by atoms with Crippen molar-refractivity contribution in [2.75, 3.05) is 7.11 Å². The summed E-state index contributed by atoms with van der Waals surface area (Å²) in [4.78, 5) is 11.6. The van der Waals surface area contributed by atoms with Crippen LogP contribution in [0.2, 0.25) is 0 Å². The topological polar surface area (TPSA) is 57.2 Å². The third-order valence-corrected chi connectivity index (χ3v) is 2.63. The number of nitrogens with zero attached hydrogens (tertiary/aromatic N) is 1. The van der Waals surface area contributed by atoms with Gasteiger partial charge in [-0.05, 0) is 32.9 Å². The van der Waals surface area contributed by atoms with E-state index in [1.807, 2.05) is 43.7 Å². The molecule has 0 radical (unpaired) electrons. The van der Waals surface area contributed by atoms with E-state index in [0.29, 0.717) is 6.54 Å². The summed E-state index contributed by atoms with van der Waals surface area (Å²) in [5.41, 5.74) is 6.33. The summed E-state index contributed by atoms with van der Waals surface area (Å²) in [5, 5.41) is 0. The summed E-state index contributed by atoms with van der Waals surface area (Å²) in [7, 11) is 1.41. The summed E-state index contributed by atoms with van der Waals surface area (Å²) >= 11 is 0. The Morgan fingerprint density at radius 3 is 2.75 bits per heavy atom. The van der Waals surface area contributed by atoms with E-state index in [0.717, 1.165) is 5.69 Å². The molecule has 4 heteroatoms. The van der Waals surface area contributed by atoms with Gasteiger partial charge in [0.1, 0.15) is 0 Å². The van der Waals surface area contributed by atoms with Crippen LogP contribution in [0.25, 0.3) is 0 Å². The van der Waals surface area contributed by atoms with E-state index in [1.165, 1.54) is 7.11 Å². The van der Waals surface area contributed by atoms with E-state index in [4.69, 9.17) is 10.5 Å². The van der Waals surface area contributed by atoms with Gasteiger partial charge in [-0.2, -0.15) is 0 Å². The minimum atomic E-state index is -0.544. The Bertz CT molecular complexity index is 367. The number of carbonyl (C=O) groups is 1. The molecule has 1 rings (SSSR count). The number of methoxy groups -OCH3 is 1. The molecule has 1 aromatic heterocycles. The summed E-state index contributed by atoms with van der Waals surface area (Å²) in [6.45, 7) is 6.23. The number of rotatable bonds is 4. The fraction of sp³-hybridized carbons (Fsp3) is 0.583. The van der Waals surface area contributed by atoms with Crippen molar-refractivity contribution in [1.82, 2.24) is 4.57 Å². The van der Waals surface area contributed by atoms with Crippen LogP contribution in [-0.4, -0.2) is 17.6 Å². The van der Waals surface area contributed by atoms with Gasteiger partial charge in [0.05, 0.1) is 12.5 Å². The third kappa shape index (κ3) is 2.64. The second-order valence-electron chi connectivity index (χ2n) is 4.73. The van der Waals surface area contributed by atoms with Crippen molar-refractivity contribution in [3.63, 3.8) is 0 Å². The molecule has 0 saturated carbocycles. The maximum Gasteiger partial charge on any atom is 0.313 e. The van der Waals surface area contributed by atoms with Crippen LogP contribution in [0.15, 0.2) is 18.3 Å². The Kier molecular flexibility index (Phi) is 3.75. The van der Waals surface area contributed by atoms with Crippen LogP contribution in [0.1, 0.15) is 32.5 Å². The lowest BCUT2D eigenvalue weighted by atomic mass is 9.93. The quantitative estimate of drug-likeness (QED) is 0.792. The molecule has 0 bridgehead atoms. The first-order valence-electron chi connectivity index (χ1n) is 5.37. The highest BCUT2D eigenvalue weighted by atomic mass is 16.5. The van der Waals surface area contributed by atoms with Gasteiger partial charge >= 0.3 is 5.97 Å². The SMILES string of the molecule is COC(=O)C(C)(C)Cn1cccc1C(C)N. The molecule has 0 aliphatic carbocycles. The van der Waals surface area contributed by atoms with Crippen molar-refractivity contribution in [2.24, 2.45) is 11.1 Å². The molecule has 1 aromatic rings. The van der Waals surface area contributed by atoms with Crippen molar-refractivity contribution in [1.29, 1.82) is 0 Å². The molecule has 0 saturated heterocycles. The molecule has 1 atom stereocenters. The predicted octanol–water partition coefficient (Wildman–Crippen LogP) is 1.71. The first-order chi connectivity index (χ1) is 7.38. The minimum absolute atomic E-state index is 0.0385. The van der Waals surface area contributed by atoms with Crippen LogP contribution in [-0.2, 0) is 16.1 Å². The molecule has 0 amide bonds. The largest absolute Gasteiger partial charge is 0.469 e. The standard InChI is InChI=1S/C12H20N2O2/c1-9(13)10-6-5-7-14(10)8-12(2,3)11(15)16-4/h5-7,9H,8,13H2,1-4H3. The maximum absolute atomic E-state index is 11.6. The number of hydrogen-bond acceptors (Lipinski definition) is 3. The molecule has 1 unspecified atom stereocenters. The van der Waals surface area contributed by atoms with Crippen molar-refractivity contribution >= 4 is 5.97 Å². The number of carbonyl (C=O) groups excluding carboxylic acids is 1. The monoisotopic (exact) mass is 224 g/mol. The fourth-order valence-corrected chi connectivity index (χ4v) is 1.75. The normalized spacial score (nSPS) is 13.6. The molecule has 4 nitrogen and oxygen atoms in total. The molecular weight excluding hydrogens is 204 g/mol. The van der Waals surface area contributed by atoms with Crippen molar-refractivity contribution in [3.05, 3.63) is 24.0 Å². The molecule has 16 heavy (non-hydrogen) atoms. The summed E-state index contributed by atoms with van der Waals surface area (Å²) < 4.78 is 6.78. The van der Waals surface area contributed by atoms with Crippen LogP contribution < -0.4 is 5.73 Å². The average molecular weight is 224 g/mol. The first kappa shape index (κ1) is 12.8. The highest BCUT2D eigenvalue weighted by Gasteiger charge is 2.29. The van der Waals surface area contributed by atoms with Crippen molar-refractivity contribution in [3.8, 4) is 0 Å². The van der Waals surface area contributed by atoms with Crippen LogP contribution in [0.5, 0.6) is 0 Å². The second-order valence-corrected chi connectivity index (χ2v) is 4.73. The van der Waals surface area contributed by atoms with Gasteiger partial charge < -0.3 is 15.0 Å². The van der Waals surface area contributed by atoms with Crippen LogP contribution in [0.4, 0.5) is 0 Å². The molecule has 0 aliphatic rings. The van der Waals surface area contributed by atoms with Crippen molar-refractivity contribution in [2.45, 2.75) is 33.4 Å². The van der Waals surface area contributed by atoms with Crippen LogP contribution >= 0.6 is 0 Å². The first-order valence-corrected chi connectivity index (χ1v) is 5.37. The highest BCUT2D eigenvalue weighted by molar-refractivity contribution is 5.75. The van der Waals surface area contributed by atoms with E-state index in [9.17, 15) is 4.79 Å².